The van der Waals surface area contributed by atoms with Gasteiger partial charge in [-0.05, 0) is 61.9 Å². The molecule has 0 saturated carbocycles. The average Bonchev–Trinajstić information content (AvgIpc) is 2.99. The molecule has 4 nitrogen and oxygen atoms in total. The summed E-state index contributed by atoms with van der Waals surface area (Å²) in [4.78, 5) is 20.7. The first kappa shape index (κ1) is 15.9. The van der Waals surface area contributed by atoms with Gasteiger partial charge < -0.3 is 10.3 Å². The van der Waals surface area contributed by atoms with Crippen molar-refractivity contribution >= 4 is 16.8 Å². The number of carbonyl (C=O) groups excluding carboxylic acids is 1. The second-order valence-electron chi connectivity index (χ2n) is 6.98. The highest BCUT2D eigenvalue weighted by molar-refractivity contribution is 5.90. The minimum Gasteiger partial charge on any atom is -0.357 e. The standard InChI is InChI=1S/C21H23N3O/c1-13-10-14(2)22-11-15(13)12-23-21(25)18-8-5-7-17-16-6-3-4-9-19(16)24-20(17)18/h3-4,6,9-11,18,24H,5,7-8,12H2,1-2H3,(H,23,25). The maximum Gasteiger partial charge on any atom is 0.229 e. The van der Waals surface area contributed by atoms with Crippen molar-refractivity contribution in [2.45, 2.75) is 45.6 Å². The molecule has 1 unspecified atom stereocenters. The van der Waals surface area contributed by atoms with Crippen molar-refractivity contribution < 1.29 is 4.79 Å². The second-order valence-corrected chi connectivity index (χ2v) is 6.98. The van der Waals surface area contributed by atoms with E-state index in [1.165, 1.54) is 16.5 Å². The summed E-state index contributed by atoms with van der Waals surface area (Å²) in [6, 6.07) is 10.4. The number of benzene rings is 1. The van der Waals surface area contributed by atoms with Crippen molar-refractivity contribution in [3.63, 3.8) is 0 Å². The molecule has 1 atom stereocenters. The number of H-pyrrole nitrogens is 1. The zero-order chi connectivity index (χ0) is 17.4. The van der Waals surface area contributed by atoms with Gasteiger partial charge in [-0.3, -0.25) is 9.78 Å². The maximum atomic E-state index is 12.8. The lowest BCUT2D eigenvalue weighted by Gasteiger charge is -2.22. The molecule has 1 amide bonds. The van der Waals surface area contributed by atoms with Crippen LogP contribution < -0.4 is 5.32 Å². The molecule has 0 aliphatic heterocycles. The Bertz CT molecular complexity index is 941. The molecule has 2 aromatic heterocycles. The van der Waals surface area contributed by atoms with Crippen LogP contribution in [-0.2, 0) is 17.8 Å². The number of aryl methyl sites for hydroxylation is 3. The van der Waals surface area contributed by atoms with Crippen LogP contribution >= 0.6 is 0 Å². The first-order valence-corrected chi connectivity index (χ1v) is 8.93. The topological polar surface area (TPSA) is 57.8 Å². The number of hydrogen-bond acceptors (Lipinski definition) is 2. The van der Waals surface area contributed by atoms with Crippen molar-refractivity contribution in [2.24, 2.45) is 0 Å². The van der Waals surface area contributed by atoms with E-state index in [9.17, 15) is 4.79 Å². The van der Waals surface area contributed by atoms with Gasteiger partial charge in [0.2, 0.25) is 5.91 Å². The Morgan fingerprint density at radius 3 is 3.00 bits per heavy atom. The van der Waals surface area contributed by atoms with E-state index in [0.29, 0.717) is 6.54 Å². The van der Waals surface area contributed by atoms with E-state index < -0.39 is 0 Å². The van der Waals surface area contributed by atoms with Gasteiger partial charge in [0.15, 0.2) is 0 Å². The molecule has 3 aromatic rings. The summed E-state index contributed by atoms with van der Waals surface area (Å²) >= 11 is 0. The van der Waals surface area contributed by atoms with E-state index in [0.717, 1.165) is 41.7 Å². The molecule has 25 heavy (non-hydrogen) atoms. The fraction of sp³-hybridized carbons (Fsp3) is 0.333. The Morgan fingerprint density at radius 2 is 2.16 bits per heavy atom. The minimum atomic E-state index is -0.0881. The number of rotatable bonds is 3. The third-order valence-electron chi connectivity index (χ3n) is 5.24. The van der Waals surface area contributed by atoms with E-state index in [-0.39, 0.29) is 11.8 Å². The highest BCUT2D eigenvalue weighted by Crippen LogP contribution is 2.36. The number of aromatic amines is 1. The molecule has 0 fully saturated rings. The van der Waals surface area contributed by atoms with Crippen molar-refractivity contribution in [1.29, 1.82) is 0 Å². The molecule has 1 aliphatic carbocycles. The van der Waals surface area contributed by atoms with Gasteiger partial charge in [-0.25, -0.2) is 0 Å². The molecule has 0 radical (unpaired) electrons. The van der Waals surface area contributed by atoms with Gasteiger partial charge in [0.25, 0.3) is 0 Å². The van der Waals surface area contributed by atoms with E-state index in [4.69, 9.17) is 0 Å². The first-order chi connectivity index (χ1) is 12.1. The fourth-order valence-corrected chi connectivity index (χ4v) is 3.89. The highest BCUT2D eigenvalue weighted by Gasteiger charge is 2.29. The van der Waals surface area contributed by atoms with Crippen LogP contribution in [0, 0.1) is 13.8 Å². The number of nitrogens with zero attached hydrogens (tertiary/aromatic N) is 1. The normalized spacial score (nSPS) is 16.6. The van der Waals surface area contributed by atoms with E-state index in [1.54, 1.807) is 0 Å². The van der Waals surface area contributed by atoms with Crippen LogP contribution in [-0.4, -0.2) is 15.9 Å². The van der Waals surface area contributed by atoms with Crippen LogP contribution in [0.1, 0.15) is 46.8 Å². The van der Waals surface area contributed by atoms with E-state index in [1.807, 2.05) is 19.2 Å². The predicted octanol–water partition coefficient (Wildman–Crippen LogP) is 3.92. The van der Waals surface area contributed by atoms with Gasteiger partial charge >= 0.3 is 0 Å². The number of hydrogen-bond donors (Lipinski definition) is 2. The Balaban J connectivity index is 1.55. The van der Waals surface area contributed by atoms with Crippen LogP contribution in [0.15, 0.2) is 36.5 Å². The van der Waals surface area contributed by atoms with Gasteiger partial charge in [0.1, 0.15) is 0 Å². The highest BCUT2D eigenvalue weighted by atomic mass is 16.1. The van der Waals surface area contributed by atoms with Gasteiger partial charge in [-0.15, -0.1) is 0 Å². The van der Waals surface area contributed by atoms with Crippen molar-refractivity contribution in [3.8, 4) is 0 Å². The zero-order valence-corrected chi connectivity index (χ0v) is 14.7. The molecule has 1 aliphatic rings. The van der Waals surface area contributed by atoms with Crippen molar-refractivity contribution in [1.82, 2.24) is 15.3 Å². The van der Waals surface area contributed by atoms with Gasteiger partial charge in [0.05, 0.1) is 5.92 Å². The smallest absolute Gasteiger partial charge is 0.229 e. The van der Waals surface area contributed by atoms with E-state index >= 15 is 0 Å². The summed E-state index contributed by atoms with van der Waals surface area (Å²) in [5.74, 6) is 0.0161. The lowest BCUT2D eigenvalue weighted by atomic mass is 9.86. The van der Waals surface area contributed by atoms with Crippen LogP contribution in [0.5, 0.6) is 0 Å². The number of amides is 1. The summed E-state index contributed by atoms with van der Waals surface area (Å²) in [6.45, 7) is 4.57. The average molecular weight is 333 g/mol. The number of pyridine rings is 1. The molecular weight excluding hydrogens is 310 g/mol. The molecule has 0 saturated heterocycles. The van der Waals surface area contributed by atoms with E-state index in [2.05, 4.69) is 46.5 Å². The van der Waals surface area contributed by atoms with Crippen molar-refractivity contribution in [2.75, 3.05) is 0 Å². The van der Waals surface area contributed by atoms with Gasteiger partial charge in [-0.1, -0.05) is 18.2 Å². The Hall–Kier alpha value is -2.62. The number of carbonyl (C=O) groups is 1. The van der Waals surface area contributed by atoms with Crippen molar-refractivity contribution in [3.05, 3.63) is 64.6 Å². The van der Waals surface area contributed by atoms with Crippen LogP contribution in [0.25, 0.3) is 10.9 Å². The van der Waals surface area contributed by atoms with Gasteiger partial charge in [0, 0.05) is 35.0 Å². The number of fused-ring (bicyclic) bond motifs is 3. The van der Waals surface area contributed by atoms with Crippen LogP contribution in [0.3, 0.4) is 0 Å². The monoisotopic (exact) mass is 333 g/mol. The molecule has 4 rings (SSSR count). The summed E-state index contributed by atoms with van der Waals surface area (Å²) in [5, 5.41) is 4.37. The maximum absolute atomic E-state index is 12.8. The predicted molar refractivity (Wildman–Crippen MR) is 99.5 cm³/mol. The lowest BCUT2D eigenvalue weighted by molar-refractivity contribution is -0.123. The van der Waals surface area contributed by atoms with Crippen LogP contribution in [0.4, 0.5) is 0 Å². The largest absolute Gasteiger partial charge is 0.357 e. The molecule has 4 heteroatoms. The first-order valence-electron chi connectivity index (χ1n) is 8.93. The number of para-hydroxylation sites is 1. The third kappa shape index (κ3) is 2.93. The summed E-state index contributed by atoms with van der Waals surface area (Å²) in [7, 11) is 0. The second kappa shape index (κ2) is 6.36. The molecule has 2 heterocycles. The molecule has 2 N–H and O–H groups in total. The number of nitrogens with one attached hydrogen (secondary N) is 2. The Kier molecular flexibility index (Phi) is 4.04. The Labute approximate surface area is 147 Å². The lowest BCUT2D eigenvalue weighted by Crippen LogP contribution is -2.31. The molecule has 1 aromatic carbocycles. The zero-order valence-electron chi connectivity index (χ0n) is 14.7. The third-order valence-corrected chi connectivity index (χ3v) is 5.24. The minimum absolute atomic E-state index is 0.0881. The molecule has 0 spiro atoms. The summed E-state index contributed by atoms with van der Waals surface area (Å²) < 4.78 is 0. The quantitative estimate of drug-likeness (QED) is 0.763. The van der Waals surface area contributed by atoms with Crippen LogP contribution in [0.2, 0.25) is 0 Å². The SMILES string of the molecule is Cc1cc(C)c(CNC(=O)C2CCCc3c2[nH]c2ccccc32)cn1. The van der Waals surface area contributed by atoms with Gasteiger partial charge in [-0.2, -0.15) is 0 Å². The molecular formula is C21H23N3O. The summed E-state index contributed by atoms with van der Waals surface area (Å²) in [6.07, 6.45) is 4.86. The molecule has 0 bridgehead atoms. The summed E-state index contributed by atoms with van der Waals surface area (Å²) in [5.41, 5.74) is 6.79. The fourth-order valence-electron chi connectivity index (χ4n) is 3.89. The Morgan fingerprint density at radius 1 is 1.32 bits per heavy atom. The molecule has 128 valence electrons. The number of aromatic nitrogens is 2.